The van der Waals surface area contributed by atoms with Crippen molar-refractivity contribution in [3.8, 4) is 0 Å². The normalized spacial score (nSPS) is 11.4. The first kappa shape index (κ1) is 34.2. The Labute approximate surface area is 227 Å². The second-order valence-corrected chi connectivity index (χ2v) is 12.2. The monoisotopic (exact) mass is 597 g/mol. The van der Waals surface area contributed by atoms with Gasteiger partial charge in [0.25, 0.3) is 0 Å². The minimum Gasteiger partial charge on any atom is -0.438 e. The second kappa shape index (κ2) is 31.2. The predicted octanol–water partition coefficient (Wildman–Crippen LogP) is 3.86. The van der Waals surface area contributed by atoms with Crippen LogP contribution in [0.5, 0.6) is 0 Å². The number of nitrogens with zero attached hydrogens (tertiary/aromatic N) is 2. The lowest BCUT2D eigenvalue weighted by molar-refractivity contribution is -0.210. The molecule has 1 amide bonds. The van der Waals surface area contributed by atoms with Gasteiger partial charge in [-0.3, -0.25) is 0 Å². The van der Waals surface area contributed by atoms with E-state index in [2.05, 4.69) is 22.2 Å². The summed E-state index contributed by atoms with van der Waals surface area (Å²) in [5, 5.41) is 11.3. The van der Waals surface area contributed by atoms with Crippen LogP contribution >= 0.6 is 70.6 Å². The second-order valence-electron chi connectivity index (χ2n) is 5.42. The zero-order valence-electron chi connectivity index (χ0n) is 19.3. The number of thioether (sulfide) groups is 6. The zero-order chi connectivity index (χ0) is 24.8. The molecule has 0 unspecified atom stereocenters. The average molecular weight is 598 g/mol. The van der Waals surface area contributed by atoms with E-state index in [1.54, 1.807) is 70.6 Å². The Morgan fingerprint density at radius 1 is 0.824 bits per heavy atom. The Hall–Kier alpha value is 0.190. The molecular formula is C18H35N3O7S6. The van der Waals surface area contributed by atoms with Crippen LogP contribution in [0.2, 0.25) is 0 Å². The molecule has 0 aromatic heterocycles. The van der Waals surface area contributed by atoms with Gasteiger partial charge in [0.15, 0.2) is 0 Å². The topological polar surface area (TPSA) is 120 Å². The largest absolute Gasteiger partial charge is 0.438 e. The molecule has 0 saturated carbocycles. The summed E-state index contributed by atoms with van der Waals surface area (Å²) in [5.41, 5.74) is 0. The summed E-state index contributed by atoms with van der Waals surface area (Å²) in [6.45, 7) is 2.70. The first-order valence-corrected chi connectivity index (χ1v) is 17.2. The van der Waals surface area contributed by atoms with Crippen molar-refractivity contribution in [2.45, 2.75) is 6.92 Å². The number of carbonyl (C=O) groups is 1. The van der Waals surface area contributed by atoms with Gasteiger partial charge in [-0.1, -0.05) is 6.92 Å². The minimum atomic E-state index is -0.408. The minimum absolute atomic E-state index is 0.172. The molecule has 0 fully saturated rings. The van der Waals surface area contributed by atoms with Crippen LogP contribution < -0.4 is 5.32 Å². The van der Waals surface area contributed by atoms with Gasteiger partial charge in [0.2, 0.25) is 12.8 Å². The molecule has 0 spiro atoms. The molecule has 16 heteroatoms. The summed E-state index contributed by atoms with van der Waals surface area (Å²) in [6.07, 6.45) is 2.20. The molecule has 0 bridgehead atoms. The number of hydrogen-bond acceptors (Lipinski definition) is 15. The quantitative estimate of drug-likeness (QED) is 0.0375. The van der Waals surface area contributed by atoms with E-state index < -0.39 is 6.09 Å². The van der Waals surface area contributed by atoms with Gasteiger partial charge < -0.3 is 24.9 Å². The highest BCUT2D eigenvalue weighted by atomic mass is 32.2. The van der Waals surface area contributed by atoms with Crippen LogP contribution in [0.3, 0.4) is 0 Å². The third kappa shape index (κ3) is 30.2. The van der Waals surface area contributed by atoms with E-state index in [1.165, 1.54) is 12.8 Å². The molecule has 200 valence electrons. The van der Waals surface area contributed by atoms with Crippen molar-refractivity contribution < 1.29 is 34.2 Å². The fourth-order valence-corrected chi connectivity index (χ4v) is 5.46. The fraction of sp³-hybridized carbons (Fsp3) is 0.833. The van der Waals surface area contributed by atoms with Crippen molar-refractivity contribution in [2.24, 2.45) is 9.98 Å². The molecule has 0 aliphatic carbocycles. The maximum Gasteiger partial charge on any atom is 0.408 e. The first-order chi connectivity index (χ1) is 16.8. The number of amides is 1. The molecular weight excluding hydrogens is 563 g/mol. The van der Waals surface area contributed by atoms with Gasteiger partial charge >= 0.3 is 6.09 Å². The number of alkyl carbamates (subject to hydrolysis) is 1. The summed E-state index contributed by atoms with van der Waals surface area (Å²) >= 11 is 9.70. The van der Waals surface area contributed by atoms with E-state index in [1.807, 2.05) is 0 Å². The van der Waals surface area contributed by atoms with Crippen molar-refractivity contribution in [1.29, 1.82) is 0 Å². The lowest BCUT2D eigenvalue weighted by Crippen LogP contribution is -2.24. The van der Waals surface area contributed by atoms with Crippen molar-refractivity contribution in [2.75, 3.05) is 83.0 Å². The molecule has 0 aromatic carbocycles. The van der Waals surface area contributed by atoms with Crippen LogP contribution in [0, 0.1) is 0 Å². The molecule has 0 radical (unpaired) electrons. The smallest absolute Gasteiger partial charge is 0.408 e. The highest BCUT2D eigenvalue weighted by molar-refractivity contribution is 8.03. The molecule has 34 heavy (non-hydrogen) atoms. The Kier molecular flexibility index (Phi) is 31.4. The van der Waals surface area contributed by atoms with E-state index in [4.69, 9.17) is 29.4 Å². The lowest BCUT2D eigenvalue weighted by atomic mass is 10.9. The Morgan fingerprint density at radius 3 is 2.26 bits per heavy atom. The average Bonchev–Trinajstić information content (AvgIpc) is 2.84. The van der Waals surface area contributed by atoms with Crippen molar-refractivity contribution in [3.05, 3.63) is 0 Å². The molecule has 2 N–H and O–H groups in total. The van der Waals surface area contributed by atoms with Crippen molar-refractivity contribution >= 4 is 89.5 Å². The number of aliphatic hydroxyl groups is 1. The highest BCUT2D eigenvalue weighted by Gasteiger charge is 2.01. The SMILES string of the molecule is CCSCN=COOCSCCSCOC(=O)NCSCCSCN=COOCCSCCO. The van der Waals surface area contributed by atoms with E-state index in [-0.39, 0.29) is 6.61 Å². The van der Waals surface area contributed by atoms with Gasteiger partial charge in [0.1, 0.15) is 18.5 Å². The van der Waals surface area contributed by atoms with E-state index in [0.29, 0.717) is 41.9 Å². The Balaban J connectivity index is 3.23. The number of rotatable bonds is 26. The van der Waals surface area contributed by atoms with Crippen LogP contribution in [-0.2, 0) is 24.3 Å². The van der Waals surface area contributed by atoms with Gasteiger partial charge in [-0.15, -0.1) is 58.8 Å². The Bertz CT molecular complexity index is 499. The van der Waals surface area contributed by atoms with E-state index >= 15 is 0 Å². The van der Waals surface area contributed by atoms with Gasteiger partial charge in [0.05, 0.1) is 24.2 Å². The Morgan fingerprint density at radius 2 is 1.50 bits per heavy atom. The summed E-state index contributed by atoms with van der Waals surface area (Å²) in [6, 6.07) is 0. The van der Waals surface area contributed by atoms with Crippen LogP contribution in [0.1, 0.15) is 6.92 Å². The number of aliphatic hydroxyl groups excluding tert-OH is 1. The number of hydrogen-bond donors (Lipinski definition) is 2. The van der Waals surface area contributed by atoms with Crippen molar-refractivity contribution in [1.82, 2.24) is 5.32 Å². The van der Waals surface area contributed by atoms with Crippen LogP contribution in [0.15, 0.2) is 9.98 Å². The number of carbonyl (C=O) groups excluding carboxylic acids is 1. The van der Waals surface area contributed by atoms with E-state index in [0.717, 1.165) is 34.5 Å². The molecule has 10 nitrogen and oxygen atoms in total. The predicted molar refractivity (Wildman–Crippen MR) is 153 cm³/mol. The molecule has 0 aliphatic rings. The number of nitrogens with one attached hydrogen (secondary N) is 1. The molecule has 0 atom stereocenters. The molecule has 0 rings (SSSR count). The summed E-state index contributed by atoms with van der Waals surface area (Å²) in [7, 11) is 0. The van der Waals surface area contributed by atoms with Gasteiger partial charge in [-0.05, 0) is 5.75 Å². The third-order valence-corrected chi connectivity index (χ3v) is 8.30. The highest BCUT2D eigenvalue weighted by Crippen LogP contribution is 2.09. The van der Waals surface area contributed by atoms with Gasteiger partial charge in [0, 0.05) is 34.5 Å². The van der Waals surface area contributed by atoms with E-state index in [9.17, 15) is 4.79 Å². The number of ether oxygens (including phenoxy) is 1. The molecule has 0 saturated heterocycles. The van der Waals surface area contributed by atoms with Crippen LogP contribution in [0.25, 0.3) is 0 Å². The first-order valence-electron chi connectivity index (χ1n) is 10.3. The maximum atomic E-state index is 11.6. The third-order valence-electron chi connectivity index (χ3n) is 2.92. The van der Waals surface area contributed by atoms with Crippen LogP contribution in [0.4, 0.5) is 4.79 Å². The standard InChI is InChI=1S/C18H35N3O7S6/c1-2-29-13-19-12-27-28-17-34-10-9-33-16-24-18(23)21-15-32-8-7-31-14-20-11-26-25-4-6-30-5-3-22/h11-12,22H,2-10,13-17H2,1H3,(H,21,23). The van der Waals surface area contributed by atoms with Crippen molar-refractivity contribution in [3.63, 3.8) is 0 Å². The molecule has 0 heterocycles. The van der Waals surface area contributed by atoms with Gasteiger partial charge in [-0.25, -0.2) is 14.8 Å². The lowest BCUT2D eigenvalue weighted by Gasteiger charge is -2.06. The summed E-state index contributed by atoms with van der Waals surface area (Å²) in [4.78, 5) is 39.1. The molecule has 0 aromatic rings. The van der Waals surface area contributed by atoms with Crippen LogP contribution in [-0.4, -0.2) is 107 Å². The summed E-state index contributed by atoms with van der Waals surface area (Å²) < 4.78 is 5.11. The zero-order valence-corrected chi connectivity index (χ0v) is 24.2. The molecule has 0 aliphatic heterocycles. The maximum absolute atomic E-state index is 11.6. The fourth-order valence-electron chi connectivity index (χ4n) is 1.50. The van der Waals surface area contributed by atoms with Gasteiger partial charge in [-0.2, -0.15) is 21.5 Å². The summed E-state index contributed by atoms with van der Waals surface area (Å²) in [5.74, 6) is 8.49. The number of aliphatic imine (C=N–C) groups is 2.